The van der Waals surface area contributed by atoms with E-state index in [9.17, 15) is 16.8 Å². The van der Waals surface area contributed by atoms with Crippen molar-refractivity contribution >= 4 is 78.0 Å². The van der Waals surface area contributed by atoms with E-state index >= 15 is 0 Å². The lowest BCUT2D eigenvalue weighted by Gasteiger charge is -2.26. The number of sulfone groups is 2. The third-order valence-corrected chi connectivity index (χ3v) is 14.3. The molecule has 0 fully saturated rings. The van der Waals surface area contributed by atoms with E-state index in [-0.39, 0.29) is 32.9 Å². The summed E-state index contributed by atoms with van der Waals surface area (Å²) in [7, 11) is -9.23. The zero-order valence-corrected chi connectivity index (χ0v) is 32.1. The molecule has 266 valence electrons. The molecular formula is C30H37Cl3N8O4S4. The molecule has 0 saturated heterocycles. The average Bonchev–Trinajstić information content (AvgIpc) is 3.66. The summed E-state index contributed by atoms with van der Waals surface area (Å²) in [5.74, 6) is 2.31. The van der Waals surface area contributed by atoms with Gasteiger partial charge in [-0.1, -0.05) is 34.8 Å². The number of imidazole rings is 2. The van der Waals surface area contributed by atoms with Crippen molar-refractivity contribution < 1.29 is 16.8 Å². The van der Waals surface area contributed by atoms with Crippen molar-refractivity contribution in [2.24, 2.45) is 11.5 Å². The zero-order chi connectivity index (χ0) is 35.8. The van der Waals surface area contributed by atoms with Crippen LogP contribution in [0.1, 0.15) is 22.8 Å². The van der Waals surface area contributed by atoms with E-state index in [0.717, 1.165) is 28.8 Å². The summed E-state index contributed by atoms with van der Waals surface area (Å²) >= 11 is 21.5. The number of aryl methyl sites for hydroxylation is 2. The molecule has 12 nitrogen and oxygen atoms in total. The third kappa shape index (κ3) is 10.3. The molecule has 0 bridgehead atoms. The van der Waals surface area contributed by atoms with Crippen LogP contribution in [-0.2, 0) is 31.2 Å². The molecule has 0 amide bonds. The lowest BCUT2D eigenvalue weighted by Crippen LogP contribution is -2.49. The van der Waals surface area contributed by atoms with Gasteiger partial charge in [0.05, 0.1) is 66.0 Å². The van der Waals surface area contributed by atoms with Crippen molar-refractivity contribution in [1.29, 1.82) is 0 Å². The molecule has 2 atom stereocenters. The van der Waals surface area contributed by atoms with Crippen LogP contribution in [0.15, 0.2) is 74.7 Å². The summed E-state index contributed by atoms with van der Waals surface area (Å²) in [6, 6.07) is 9.04. The predicted molar refractivity (Wildman–Crippen MR) is 200 cm³/mol. The Kier molecular flexibility index (Phi) is 14.5. The molecule has 0 aliphatic heterocycles. The second-order valence-corrected chi connectivity index (χ2v) is 18.0. The number of nitrogens with zero attached hydrogens (tertiary/aromatic N) is 2. The van der Waals surface area contributed by atoms with Crippen molar-refractivity contribution in [2.45, 2.75) is 47.5 Å². The van der Waals surface area contributed by atoms with Gasteiger partial charge in [0.25, 0.3) is 0 Å². The van der Waals surface area contributed by atoms with Crippen LogP contribution in [0.2, 0.25) is 15.1 Å². The highest BCUT2D eigenvalue weighted by Crippen LogP contribution is 2.34. The van der Waals surface area contributed by atoms with Gasteiger partial charge >= 0.3 is 0 Å². The smallest absolute Gasteiger partial charge is 0.206 e. The minimum atomic E-state index is -4.65. The predicted octanol–water partition coefficient (Wildman–Crippen LogP) is 4.78. The van der Waals surface area contributed by atoms with E-state index in [1.165, 1.54) is 36.4 Å². The average molecular weight is 808 g/mol. The van der Waals surface area contributed by atoms with Gasteiger partial charge in [0.15, 0.2) is 0 Å². The molecule has 2 unspecified atom stereocenters. The number of thioether (sulfide) groups is 2. The van der Waals surface area contributed by atoms with Gasteiger partial charge in [0.1, 0.15) is 0 Å². The van der Waals surface area contributed by atoms with Crippen LogP contribution >= 0.6 is 58.3 Å². The summed E-state index contributed by atoms with van der Waals surface area (Å²) in [5, 5.41) is 6.37. The third-order valence-electron chi connectivity index (χ3n) is 7.29. The highest BCUT2D eigenvalue weighted by molar-refractivity contribution is 7.99. The largest absolute Gasteiger partial charge is 0.348 e. The Hall–Kier alpha value is -2.09. The number of H-pyrrole nitrogens is 2. The molecule has 0 aliphatic carbocycles. The van der Waals surface area contributed by atoms with E-state index in [1.807, 2.05) is 13.8 Å². The van der Waals surface area contributed by atoms with E-state index in [2.05, 4.69) is 30.6 Å². The number of rotatable bonds is 18. The Bertz CT molecular complexity index is 1970. The fourth-order valence-corrected chi connectivity index (χ4v) is 10.7. The Balaban J connectivity index is 1.71. The first-order chi connectivity index (χ1) is 23.2. The van der Waals surface area contributed by atoms with Gasteiger partial charge < -0.3 is 21.4 Å². The van der Waals surface area contributed by atoms with Crippen LogP contribution in [0, 0.1) is 13.8 Å². The lowest BCUT2D eigenvalue weighted by atomic mass is 10.3. The standard InChI is InChI=1S/C30H37Cl3N8O4S4/c1-18-25(40-16-38-18)14-46-11-9-36-29(34)27(48(42,43)21-5-3-20(31)4-6-21)28(49(44,45)22-7-8-23(32)24(33)13-22)30(35)37-10-12-47-15-26-19(2)39-17-41-26/h3-8,13,16-17,29-30,36-37H,9-12,14-15,34-35H2,1-2H3,(H,38,40)(H,39,41). The minimum Gasteiger partial charge on any atom is -0.348 e. The second kappa shape index (κ2) is 17.9. The number of nitrogens with one attached hydrogen (secondary N) is 4. The van der Waals surface area contributed by atoms with E-state index in [4.69, 9.17) is 46.3 Å². The zero-order valence-electron chi connectivity index (χ0n) is 26.5. The fourth-order valence-electron chi connectivity index (χ4n) is 4.60. The van der Waals surface area contributed by atoms with Crippen LogP contribution in [0.3, 0.4) is 0 Å². The molecule has 4 rings (SSSR count). The van der Waals surface area contributed by atoms with E-state index in [0.29, 0.717) is 28.0 Å². The van der Waals surface area contributed by atoms with Crippen molar-refractivity contribution in [3.63, 3.8) is 0 Å². The summed E-state index contributed by atoms with van der Waals surface area (Å²) in [6.45, 7) is 4.26. The maximum Gasteiger partial charge on any atom is 0.206 e. The van der Waals surface area contributed by atoms with Crippen LogP contribution < -0.4 is 22.1 Å². The molecular weight excluding hydrogens is 771 g/mol. The SMILES string of the molecule is Cc1nc[nH]c1CSCCNC(N)C(=C(C(N)NCCSCc1[nH]cnc1C)S(=O)(=O)c1ccc(Cl)c(Cl)c1)S(=O)(=O)c1ccc(Cl)cc1. The molecule has 2 aromatic carbocycles. The van der Waals surface area contributed by atoms with E-state index < -0.39 is 41.8 Å². The van der Waals surface area contributed by atoms with Gasteiger partial charge in [-0.3, -0.25) is 10.6 Å². The van der Waals surface area contributed by atoms with Crippen LogP contribution in [0.5, 0.6) is 0 Å². The lowest BCUT2D eigenvalue weighted by molar-refractivity contribution is 0.558. The highest BCUT2D eigenvalue weighted by Gasteiger charge is 2.39. The second-order valence-electron chi connectivity index (χ2n) is 10.7. The fraction of sp³-hybridized carbons (Fsp3) is 0.333. The molecule has 19 heteroatoms. The monoisotopic (exact) mass is 806 g/mol. The van der Waals surface area contributed by atoms with Crippen molar-refractivity contribution in [3.8, 4) is 0 Å². The summed E-state index contributed by atoms with van der Waals surface area (Å²) in [6.07, 6.45) is 0.262. The van der Waals surface area contributed by atoms with Crippen LogP contribution in [0.4, 0.5) is 0 Å². The first kappa shape index (κ1) is 39.7. The molecule has 0 spiro atoms. The molecule has 49 heavy (non-hydrogen) atoms. The molecule has 8 N–H and O–H groups in total. The Labute approximate surface area is 309 Å². The highest BCUT2D eigenvalue weighted by atomic mass is 35.5. The summed E-state index contributed by atoms with van der Waals surface area (Å²) in [4.78, 5) is 12.8. The van der Waals surface area contributed by atoms with Crippen molar-refractivity contribution in [1.82, 2.24) is 30.6 Å². The normalized spacial score (nSPS) is 14.1. The van der Waals surface area contributed by atoms with Crippen LogP contribution in [-0.4, -0.2) is 73.7 Å². The van der Waals surface area contributed by atoms with Crippen molar-refractivity contribution in [2.75, 3.05) is 24.6 Å². The number of halogens is 3. The van der Waals surface area contributed by atoms with Gasteiger partial charge in [-0.15, -0.1) is 0 Å². The number of aromatic nitrogens is 4. The first-order valence-electron chi connectivity index (χ1n) is 14.8. The Morgan fingerprint density at radius 2 is 1.18 bits per heavy atom. The number of aromatic amines is 2. The van der Waals surface area contributed by atoms with Crippen LogP contribution in [0.25, 0.3) is 0 Å². The van der Waals surface area contributed by atoms with Crippen molar-refractivity contribution in [3.05, 3.63) is 103 Å². The van der Waals surface area contributed by atoms with Gasteiger partial charge in [0, 0.05) is 52.5 Å². The number of nitrogens with two attached hydrogens (primary N) is 2. The molecule has 2 heterocycles. The molecule has 4 aromatic rings. The van der Waals surface area contributed by atoms with Gasteiger partial charge in [0.2, 0.25) is 19.7 Å². The number of hydrogen-bond donors (Lipinski definition) is 6. The quantitative estimate of drug-likeness (QED) is 0.0595. The topological polar surface area (TPSA) is 202 Å². The maximum absolute atomic E-state index is 14.5. The molecule has 0 saturated carbocycles. The summed E-state index contributed by atoms with van der Waals surface area (Å²) < 4.78 is 57.7. The number of benzene rings is 2. The minimum absolute atomic E-state index is 0.0387. The van der Waals surface area contributed by atoms with Gasteiger partial charge in [-0.2, -0.15) is 23.5 Å². The Morgan fingerprint density at radius 1 is 0.735 bits per heavy atom. The molecule has 0 radical (unpaired) electrons. The van der Waals surface area contributed by atoms with Gasteiger partial charge in [-0.05, 0) is 56.3 Å². The van der Waals surface area contributed by atoms with E-state index in [1.54, 1.807) is 36.2 Å². The number of hydrogen-bond acceptors (Lipinski definition) is 12. The summed E-state index contributed by atoms with van der Waals surface area (Å²) in [5.41, 5.74) is 16.8. The first-order valence-corrected chi connectivity index (χ1v) is 21.2. The molecule has 0 aliphatic rings. The Morgan fingerprint density at radius 3 is 1.61 bits per heavy atom. The molecule has 2 aromatic heterocycles. The van der Waals surface area contributed by atoms with Gasteiger partial charge in [-0.25, -0.2) is 26.8 Å². The maximum atomic E-state index is 14.5.